The number of fused-ring (bicyclic) bond motifs is 1. The van der Waals surface area contributed by atoms with Gasteiger partial charge in [0.05, 0.1) is 10.6 Å². The van der Waals surface area contributed by atoms with Crippen molar-refractivity contribution in [2.24, 2.45) is 0 Å². The zero-order chi connectivity index (χ0) is 18.1. The molecule has 1 aromatic heterocycles. The fraction of sp³-hybridized carbons (Fsp3) is 0.526. The number of hydrogen-bond acceptors (Lipinski definition) is 4. The second kappa shape index (κ2) is 7.13. The molecule has 2 heterocycles. The molecule has 6 nitrogen and oxygen atoms in total. The molecule has 0 saturated carbocycles. The highest BCUT2D eigenvalue weighted by atomic mass is 32.2. The molecule has 0 amide bonds. The Kier molecular flexibility index (Phi) is 4.86. The van der Waals surface area contributed by atoms with Crippen LogP contribution in [-0.2, 0) is 29.4 Å². The van der Waals surface area contributed by atoms with Crippen LogP contribution in [0.5, 0.6) is 0 Å². The molecule has 0 radical (unpaired) electrons. The molecular formula is C19H26N4O2S. The van der Waals surface area contributed by atoms with Crippen molar-refractivity contribution >= 4 is 10.0 Å². The summed E-state index contributed by atoms with van der Waals surface area (Å²) in [6, 6.07) is 7.24. The van der Waals surface area contributed by atoms with Crippen molar-refractivity contribution in [3.8, 4) is 0 Å². The second-order valence-electron chi connectivity index (χ2n) is 7.40. The predicted molar refractivity (Wildman–Crippen MR) is 100 cm³/mol. The summed E-state index contributed by atoms with van der Waals surface area (Å²) < 4.78 is 26.8. The van der Waals surface area contributed by atoms with E-state index in [4.69, 9.17) is 0 Å². The molecule has 0 unspecified atom stereocenters. The van der Waals surface area contributed by atoms with E-state index in [2.05, 4.69) is 15.5 Å². The Balaban J connectivity index is 1.33. The molecule has 4 rings (SSSR count). The van der Waals surface area contributed by atoms with Crippen molar-refractivity contribution in [1.29, 1.82) is 0 Å². The van der Waals surface area contributed by atoms with Gasteiger partial charge in [0.25, 0.3) is 0 Å². The van der Waals surface area contributed by atoms with Gasteiger partial charge in [0.1, 0.15) is 0 Å². The minimum absolute atomic E-state index is 0.188. The number of sulfonamides is 1. The van der Waals surface area contributed by atoms with E-state index in [1.807, 2.05) is 19.1 Å². The van der Waals surface area contributed by atoms with Crippen molar-refractivity contribution in [3.05, 3.63) is 46.8 Å². The average molecular weight is 375 g/mol. The van der Waals surface area contributed by atoms with Crippen LogP contribution in [0, 0.1) is 6.92 Å². The number of benzene rings is 1. The Bertz CT molecular complexity index is 867. The summed E-state index contributed by atoms with van der Waals surface area (Å²) in [5.41, 5.74) is 4.82. The zero-order valence-electron chi connectivity index (χ0n) is 15.2. The van der Waals surface area contributed by atoms with Crippen LogP contribution < -0.4 is 5.32 Å². The molecular weight excluding hydrogens is 348 g/mol. The Morgan fingerprint density at radius 1 is 1.15 bits per heavy atom. The fourth-order valence-electron chi connectivity index (χ4n) is 3.74. The van der Waals surface area contributed by atoms with Gasteiger partial charge in [-0.3, -0.25) is 5.10 Å². The van der Waals surface area contributed by atoms with E-state index in [1.54, 1.807) is 16.4 Å². The van der Waals surface area contributed by atoms with Crippen molar-refractivity contribution < 1.29 is 8.42 Å². The van der Waals surface area contributed by atoms with Crippen LogP contribution in [0.4, 0.5) is 0 Å². The standard InChI is InChI=1S/C19H26N4O2S/c1-14-7-9-16(10-8-14)26(24,25)23-12-15(13-23)20-11-19-17-5-3-2-4-6-18(17)21-22-19/h7-10,15,20H,2-6,11-13H2,1H3,(H,21,22). The third-order valence-corrected chi connectivity index (χ3v) is 7.30. The third-order valence-electron chi connectivity index (χ3n) is 5.46. The van der Waals surface area contributed by atoms with E-state index in [-0.39, 0.29) is 6.04 Å². The molecule has 1 saturated heterocycles. The third kappa shape index (κ3) is 3.43. The maximum Gasteiger partial charge on any atom is 0.243 e. The lowest BCUT2D eigenvalue weighted by atomic mass is 10.1. The van der Waals surface area contributed by atoms with Gasteiger partial charge >= 0.3 is 0 Å². The van der Waals surface area contributed by atoms with Gasteiger partial charge in [0.15, 0.2) is 0 Å². The molecule has 140 valence electrons. The van der Waals surface area contributed by atoms with Gasteiger partial charge < -0.3 is 5.32 Å². The van der Waals surface area contributed by atoms with Crippen LogP contribution in [0.25, 0.3) is 0 Å². The lowest BCUT2D eigenvalue weighted by molar-refractivity contribution is 0.225. The molecule has 2 aromatic rings. The van der Waals surface area contributed by atoms with Gasteiger partial charge in [-0.05, 0) is 50.3 Å². The van der Waals surface area contributed by atoms with Crippen molar-refractivity contribution in [2.45, 2.75) is 56.5 Å². The van der Waals surface area contributed by atoms with Gasteiger partial charge in [-0.2, -0.15) is 9.40 Å². The van der Waals surface area contributed by atoms with Crippen LogP contribution in [0.1, 0.15) is 41.8 Å². The van der Waals surface area contributed by atoms with E-state index in [9.17, 15) is 8.42 Å². The SMILES string of the molecule is Cc1ccc(S(=O)(=O)N2CC(NCc3n[nH]c4c3CCCCC4)C2)cc1. The van der Waals surface area contributed by atoms with Gasteiger partial charge in [-0.15, -0.1) is 0 Å². The average Bonchev–Trinajstić information content (AvgIpc) is 2.81. The summed E-state index contributed by atoms with van der Waals surface area (Å²) in [6.07, 6.45) is 5.93. The number of nitrogens with one attached hydrogen (secondary N) is 2. The minimum atomic E-state index is -3.37. The first-order valence-corrected chi connectivity index (χ1v) is 10.8. The van der Waals surface area contributed by atoms with E-state index in [1.165, 1.54) is 30.5 Å². The zero-order valence-corrected chi connectivity index (χ0v) is 16.0. The van der Waals surface area contributed by atoms with Crippen LogP contribution in [-0.4, -0.2) is 42.1 Å². The summed E-state index contributed by atoms with van der Waals surface area (Å²) in [7, 11) is -3.37. The first-order valence-electron chi connectivity index (χ1n) is 9.39. The van der Waals surface area contributed by atoms with E-state index >= 15 is 0 Å². The molecule has 1 aromatic carbocycles. The topological polar surface area (TPSA) is 78.1 Å². The van der Waals surface area contributed by atoms with Gasteiger partial charge in [0, 0.05) is 31.4 Å². The van der Waals surface area contributed by atoms with E-state index in [0.717, 1.165) is 24.1 Å². The van der Waals surface area contributed by atoms with Crippen LogP contribution >= 0.6 is 0 Å². The van der Waals surface area contributed by atoms with Gasteiger partial charge in [0.2, 0.25) is 10.0 Å². The van der Waals surface area contributed by atoms with Gasteiger partial charge in [-0.1, -0.05) is 24.1 Å². The lowest BCUT2D eigenvalue weighted by Crippen LogP contribution is -2.59. The highest BCUT2D eigenvalue weighted by molar-refractivity contribution is 7.89. The summed E-state index contributed by atoms with van der Waals surface area (Å²) in [4.78, 5) is 0.374. The van der Waals surface area contributed by atoms with Crippen molar-refractivity contribution in [1.82, 2.24) is 19.8 Å². The Morgan fingerprint density at radius 3 is 2.65 bits per heavy atom. The predicted octanol–water partition coefficient (Wildman–Crippen LogP) is 2.15. The number of rotatable bonds is 5. The maximum atomic E-state index is 12.6. The van der Waals surface area contributed by atoms with Crippen molar-refractivity contribution in [3.63, 3.8) is 0 Å². The molecule has 0 bridgehead atoms. The minimum Gasteiger partial charge on any atom is -0.306 e. The summed E-state index contributed by atoms with van der Waals surface area (Å²) in [5.74, 6) is 0. The highest BCUT2D eigenvalue weighted by Crippen LogP contribution is 2.24. The van der Waals surface area contributed by atoms with Crippen LogP contribution in [0.3, 0.4) is 0 Å². The summed E-state index contributed by atoms with van der Waals surface area (Å²) in [5, 5.41) is 11.1. The van der Waals surface area contributed by atoms with Crippen LogP contribution in [0.2, 0.25) is 0 Å². The van der Waals surface area contributed by atoms with Crippen molar-refractivity contribution in [2.75, 3.05) is 13.1 Å². The molecule has 26 heavy (non-hydrogen) atoms. The molecule has 1 aliphatic heterocycles. The van der Waals surface area contributed by atoms with E-state index in [0.29, 0.717) is 24.5 Å². The lowest BCUT2D eigenvalue weighted by Gasteiger charge is -2.38. The number of aryl methyl sites for hydroxylation is 2. The Labute approximate surface area is 155 Å². The first-order chi connectivity index (χ1) is 12.5. The molecule has 0 atom stereocenters. The number of aromatic amines is 1. The molecule has 2 aliphatic rings. The maximum absolute atomic E-state index is 12.6. The largest absolute Gasteiger partial charge is 0.306 e. The highest BCUT2D eigenvalue weighted by Gasteiger charge is 2.36. The molecule has 1 fully saturated rings. The molecule has 2 N–H and O–H groups in total. The molecule has 0 spiro atoms. The number of H-pyrrole nitrogens is 1. The first kappa shape index (κ1) is 17.7. The molecule has 7 heteroatoms. The normalized spacial score (nSPS) is 19.0. The number of aromatic nitrogens is 2. The monoisotopic (exact) mass is 374 g/mol. The number of hydrogen-bond donors (Lipinski definition) is 2. The van der Waals surface area contributed by atoms with Crippen LogP contribution in [0.15, 0.2) is 29.2 Å². The smallest absolute Gasteiger partial charge is 0.243 e. The quantitative estimate of drug-likeness (QED) is 0.786. The van der Waals surface area contributed by atoms with Gasteiger partial charge in [-0.25, -0.2) is 8.42 Å². The van der Waals surface area contributed by atoms with E-state index < -0.39 is 10.0 Å². The summed E-state index contributed by atoms with van der Waals surface area (Å²) >= 11 is 0. The Morgan fingerprint density at radius 2 is 1.88 bits per heavy atom. The second-order valence-corrected chi connectivity index (χ2v) is 9.34. The summed E-state index contributed by atoms with van der Waals surface area (Å²) in [6.45, 7) is 3.69. The molecule has 1 aliphatic carbocycles. The number of nitrogens with zero attached hydrogens (tertiary/aromatic N) is 2. The Hall–Kier alpha value is -1.70. The fourth-order valence-corrected chi connectivity index (χ4v) is 5.27.